The van der Waals surface area contributed by atoms with Crippen molar-refractivity contribution in [2.45, 2.75) is 0 Å². The molecule has 0 aromatic heterocycles. The summed E-state index contributed by atoms with van der Waals surface area (Å²) in [6.45, 7) is 0. The van der Waals surface area contributed by atoms with Crippen LogP contribution in [0.4, 0.5) is 0 Å². The van der Waals surface area contributed by atoms with Crippen molar-refractivity contribution in [2.24, 2.45) is 0 Å². The van der Waals surface area contributed by atoms with Crippen molar-refractivity contribution < 1.29 is 9.47 Å². The SMILES string of the molecule is COc1c(Cl)cc([SiH2]c2ccccc2)c(Cl)c1OC. The fourth-order valence-electron chi connectivity index (χ4n) is 1.95. The molecule has 0 aliphatic heterocycles. The Bertz CT molecular complexity index is 573. The second-order valence-corrected chi connectivity index (χ2v) is 6.78. The van der Waals surface area contributed by atoms with Gasteiger partial charge in [-0.1, -0.05) is 58.7 Å². The summed E-state index contributed by atoms with van der Waals surface area (Å²) in [5, 5.41) is 3.48. The lowest BCUT2D eigenvalue weighted by molar-refractivity contribution is 0.355. The topological polar surface area (TPSA) is 18.5 Å². The molecule has 2 nitrogen and oxygen atoms in total. The average molecular weight is 313 g/mol. The summed E-state index contributed by atoms with van der Waals surface area (Å²) >= 11 is 12.6. The van der Waals surface area contributed by atoms with E-state index >= 15 is 0 Å². The van der Waals surface area contributed by atoms with Gasteiger partial charge < -0.3 is 9.47 Å². The molecule has 0 bridgehead atoms. The number of benzene rings is 2. The van der Waals surface area contributed by atoms with Gasteiger partial charge in [0.05, 0.1) is 33.8 Å². The molecule has 2 rings (SSSR count). The van der Waals surface area contributed by atoms with Gasteiger partial charge in [-0.15, -0.1) is 0 Å². The maximum absolute atomic E-state index is 6.39. The zero-order valence-corrected chi connectivity index (χ0v) is 13.7. The third-order valence-corrected chi connectivity index (χ3v) is 5.59. The van der Waals surface area contributed by atoms with E-state index in [1.165, 1.54) is 5.19 Å². The first-order chi connectivity index (χ1) is 9.17. The maximum atomic E-state index is 6.39. The first kappa shape index (κ1) is 14.3. The van der Waals surface area contributed by atoms with Gasteiger partial charge in [0.2, 0.25) is 0 Å². The first-order valence-electron chi connectivity index (χ1n) is 5.80. The molecule has 0 radical (unpaired) electrons. The zero-order chi connectivity index (χ0) is 13.8. The first-order valence-corrected chi connectivity index (χ1v) is 7.97. The van der Waals surface area contributed by atoms with Gasteiger partial charge in [-0.2, -0.15) is 0 Å². The van der Waals surface area contributed by atoms with Gasteiger partial charge in [0.15, 0.2) is 11.5 Å². The lowest BCUT2D eigenvalue weighted by Crippen LogP contribution is -2.28. The quantitative estimate of drug-likeness (QED) is 0.805. The predicted molar refractivity (Wildman–Crippen MR) is 83.8 cm³/mol. The zero-order valence-electron chi connectivity index (χ0n) is 10.7. The molecule has 0 heterocycles. The van der Waals surface area contributed by atoms with E-state index in [-0.39, 0.29) is 0 Å². The summed E-state index contributed by atoms with van der Waals surface area (Å²) < 4.78 is 10.5. The highest BCUT2D eigenvalue weighted by Gasteiger charge is 2.17. The lowest BCUT2D eigenvalue weighted by atomic mass is 10.3. The molecule has 0 aliphatic rings. The summed E-state index contributed by atoms with van der Waals surface area (Å²) in [4.78, 5) is 0. The van der Waals surface area contributed by atoms with E-state index < -0.39 is 9.52 Å². The van der Waals surface area contributed by atoms with Crippen LogP contribution >= 0.6 is 23.2 Å². The van der Waals surface area contributed by atoms with Crippen molar-refractivity contribution in [1.82, 2.24) is 0 Å². The highest BCUT2D eigenvalue weighted by molar-refractivity contribution is 6.70. The normalized spacial score (nSPS) is 10.9. The van der Waals surface area contributed by atoms with E-state index in [0.717, 1.165) is 5.19 Å². The molecule has 0 saturated carbocycles. The van der Waals surface area contributed by atoms with Crippen LogP contribution in [0.3, 0.4) is 0 Å². The summed E-state index contributed by atoms with van der Waals surface area (Å²) in [5.74, 6) is 0.995. The fraction of sp³-hybridized carbons (Fsp3) is 0.143. The largest absolute Gasteiger partial charge is 0.491 e. The summed E-state index contributed by atoms with van der Waals surface area (Å²) in [5.41, 5.74) is 0. The molecule has 0 spiro atoms. The smallest absolute Gasteiger partial charge is 0.180 e. The maximum Gasteiger partial charge on any atom is 0.180 e. The van der Waals surface area contributed by atoms with Crippen molar-refractivity contribution in [1.29, 1.82) is 0 Å². The Hall–Kier alpha value is -1.16. The molecule has 0 unspecified atom stereocenters. The minimum Gasteiger partial charge on any atom is -0.491 e. The van der Waals surface area contributed by atoms with Gasteiger partial charge in [-0.3, -0.25) is 0 Å². The highest BCUT2D eigenvalue weighted by atomic mass is 35.5. The Morgan fingerprint density at radius 1 is 0.947 bits per heavy atom. The molecule has 100 valence electrons. The van der Waals surface area contributed by atoms with Crippen LogP contribution in [0.5, 0.6) is 11.5 Å². The van der Waals surface area contributed by atoms with Gasteiger partial charge >= 0.3 is 0 Å². The molecule has 2 aromatic rings. The van der Waals surface area contributed by atoms with Crippen LogP contribution in [0, 0.1) is 0 Å². The van der Waals surface area contributed by atoms with Crippen molar-refractivity contribution >= 4 is 43.1 Å². The Kier molecular flexibility index (Phi) is 4.74. The Balaban J connectivity index is 2.44. The van der Waals surface area contributed by atoms with E-state index in [2.05, 4.69) is 12.1 Å². The summed E-state index contributed by atoms with van der Waals surface area (Å²) in [7, 11) is 2.42. The molecule has 5 heteroatoms. The standard InChI is InChI=1S/C14H14Cl2O2Si/c1-17-13-10(15)8-11(12(16)14(13)18-2)19-9-6-4-3-5-7-9/h3-8H,19H2,1-2H3. The van der Waals surface area contributed by atoms with Crippen LogP contribution in [-0.4, -0.2) is 23.7 Å². The van der Waals surface area contributed by atoms with Gasteiger partial charge in [0.1, 0.15) is 0 Å². The Morgan fingerprint density at radius 3 is 2.16 bits per heavy atom. The summed E-state index contributed by atoms with van der Waals surface area (Å²) in [6.07, 6.45) is 0. The number of methoxy groups -OCH3 is 2. The van der Waals surface area contributed by atoms with E-state index in [1.807, 2.05) is 24.3 Å². The molecule has 0 aliphatic carbocycles. The Labute approximate surface area is 125 Å². The van der Waals surface area contributed by atoms with Crippen LogP contribution in [0.25, 0.3) is 0 Å². The molecule has 0 N–H and O–H groups in total. The third kappa shape index (κ3) is 3.05. The number of rotatable bonds is 4. The highest BCUT2D eigenvalue weighted by Crippen LogP contribution is 2.39. The van der Waals surface area contributed by atoms with E-state index in [9.17, 15) is 0 Å². The molecule has 0 fully saturated rings. The van der Waals surface area contributed by atoms with Crippen LogP contribution in [0.2, 0.25) is 10.0 Å². The second kappa shape index (κ2) is 6.33. The number of hydrogen-bond donors (Lipinski definition) is 0. The van der Waals surface area contributed by atoms with E-state index in [4.69, 9.17) is 32.7 Å². The molecule has 2 aromatic carbocycles. The minimum atomic E-state index is -0.691. The van der Waals surface area contributed by atoms with Crippen LogP contribution < -0.4 is 19.8 Å². The number of halogens is 2. The lowest BCUT2D eigenvalue weighted by Gasteiger charge is -2.14. The van der Waals surface area contributed by atoms with E-state index in [0.29, 0.717) is 21.5 Å². The average Bonchev–Trinajstić information content (AvgIpc) is 2.43. The van der Waals surface area contributed by atoms with Gasteiger partial charge in [0, 0.05) is 0 Å². The van der Waals surface area contributed by atoms with Crippen LogP contribution in [0.1, 0.15) is 0 Å². The van der Waals surface area contributed by atoms with Crippen LogP contribution in [-0.2, 0) is 0 Å². The molecule has 0 saturated heterocycles. The third-order valence-electron chi connectivity index (χ3n) is 2.85. The van der Waals surface area contributed by atoms with Gasteiger partial charge in [-0.05, 0) is 11.3 Å². The number of ether oxygens (including phenoxy) is 2. The minimum absolute atomic E-state index is 0.486. The van der Waals surface area contributed by atoms with Crippen LogP contribution in [0.15, 0.2) is 36.4 Å². The Morgan fingerprint density at radius 2 is 1.58 bits per heavy atom. The van der Waals surface area contributed by atoms with E-state index in [1.54, 1.807) is 14.2 Å². The van der Waals surface area contributed by atoms with Crippen molar-refractivity contribution in [3.8, 4) is 11.5 Å². The second-order valence-electron chi connectivity index (χ2n) is 4.06. The molecule has 0 atom stereocenters. The van der Waals surface area contributed by atoms with Gasteiger partial charge in [0.25, 0.3) is 0 Å². The van der Waals surface area contributed by atoms with Crippen molar-refractivity contribution in [3.63, 3.8) is 0 Å². The van der Waals surface area contributed by atoms with Crippen molar-refractivity contribution in [2.75, 3.05) is 14.2 Å². The van der Waals surface area contributed by atoms with Gasteiger partial charge in [-0.25, -0.2) is 0 Å². The monoisotopic (exact) mass is 312 g/mol. The molecular formula is C14H14Cl2O2Si. The predicted octanol–water partition coefficient (Wildman–Crippen LogP) is 2.13. The molecule has 0 amide bonds. The molecular weight excluding hydrogens is 299 g/mol. The summed E-state index contributed by atoms with van der Waals surface area (Å²) in [6, 6.07) is 12.1. The number of hydrogen-bond acceptors (Lipinski definition) is 2. The fourth-order valence-corrected chi connectivity index (χ4v) is 4.36. The molecule has 19 heavy (non-hydrogen) atoms. The van der Waals surface area contributed by atoms with Crippen molar-refractivity contribution in [3.05, 3.63) is 46.4 Å².